The average molecular weight is 242 g/mol. The normalized spacial score (nSPS) is 12.2. The van der Waals surface area contributed by atoms with Gasteiger partial charge in [0, 0.05) is 29.8 Å². The maximum absolute atomic E-state index is 5.57. The van der Waals surface area contributed by atoms with Crippen LogP contribution in [0.15, 0.2) is 12.3 Å². The highest BCUT2D eigenvalue weighted by Gasteiger charge is 2.11. The maximum atomic E-state index is 5.57. The summed E-state index contributed by atoms with van der Waals surface area (Å²) in [5, 5.41) is 0.415. The highest BCUT2D eigenvalue weighted by atomic mass is 32.2. The lowest BCUT2D eigenvalue weighted by Crippen LogP contribution is -2.13. The van der Waals surface area contributed by atoms with Gasteiger partial charge in [-0.2, -0.15) is 11.8 Å². The average Bonchev–Trinajstić information content (AvgIpc) is 2.34. The van der Waals surface area contributed by atoms with Crippen molar-refractivity contribution in [2.24, 2.45) is 5.73 Å². The first-order valence-corrected chi connectivity index (χ1v) is 6.15. The van der Waals surface area contributed by atoms with Gasteiger partial charge in [-0.25, -0.2) is 0 Å². The number of thioether (sulfide) groups is 1. The van der Waals surface area contributed by atoms with Gasteiger partial charge in [-0.05, 0) is 0 Å². The van der Waals surface area contributed by atoms with E-state index in [-0.39, 0.29) is 0 Å². The molecule has 2 N–H and O–H groups in total. The first-order chi connectivity index (χ1) is 7.72. The van der Waals surface area contributed by atoms with Crippen LogP contribution in [0.2, 0.25) is 0 Å². The van der Waals surface area contributed by atoms with Gasteiger partial charge in [0.2, 0.25) is 0 Å². The molecule has 1 aromatic heterocycles. The van der Waals surface area contributed by atoms with E-state index in [0.717, 1.165) is 11.4 Å². The second-order valence-corrected chi connectivity index (χ2v) is 4.78. The molecule has 0 amide bonds. The summed E-state index contributed by atoms with van der Waals surface area (Å²) in [5.41, 5.74) is 6.46. The highest BCUT2D eigenvalue weighted by molar-refractivity contribution is 7.99. The summed E-state index contributed by atoms with van der Waals surface area (Å²) in [6, 6.07) is 1.79. The Balaban J connectivity index is 2.78. The molecule has 1 unspecified atom stereocenters. The lowest BCUT2D eigenvalue weighted by Gasteiger charge is -2.12. The molecule has 0 radical (unpaired) electrons. The number of nitrogens with two attached hydrogens (primary N) is 1. The van der Waals surface area contributed by atoms with Gasteiger partial charge < -0.3 is 15.2 Å². The van der Waals surface area contributed by atoms with Crippen molar-refractivity contribution in [3.05, 3.63) is 18.0 Å². The topological polar surface area (TPSA) is 57.4 Å². The van der Waals surface area contributed by atoms with E-state index in [1.165, 1.54) is 0 Å². The smallest absolute Gasteiger partial charge is 0.183 e. The minimum atomic E-state index is 0.415. The van der Waals surface area contributed by atoms with E-state index < -0.39 is 0 Å². The molecular formula is C11H18N2O2S. The number of hydrogen-bond donors (Lipinski definition) is 1. The second-order valence-electron chi connectivity index (χ2n) is 3.35. The fraction of sp³-hybridized carbons (Fsp3) is 0.545. The van der Waals surface area contributed by atoms with Crippen LogP contribution >= 0.6 is 11.8 Å². The standard InChI is InChI=1S/C11H18N2O2S/c1-8(6-12)16-7-9-11(15-3)10(14-2)4-5-13-9/h4-5,8H,6-7,12H2,1-3H3. The zero-order chi connectivity index (χ0) is 12.0. The van der Waals surface area contributed by atoms with Gasteiger partial charge in [-0.15, -0.1) is 0 Å². The van der Waals surface area contributed by atoms with Crippen LogP contribution in [-0.4, -0.2) is 31.0 Å². The molecule has 1 aromatic rings. The first-order valence-electron chi connectivity index (χ1n) is 5.10. The van der Waals surface area contributed by atoms with Gasteiger partial charge in [0.1, 0.15) is 0 Å². The number of rotatable bonds is 6. The van der Waals surface area contributed by atoms with Crippen molar-refractivity contribution in [3.63, 3.8) is 0 Å². The van der Waals surface area contributed by atoms with E-state index in [4.69, 9.17) is 15.2 Å². The molecule has 0 aliphatic rings. The van der Waals surface area contributed by atoms with E-state index in [0.29, 0.717) is 23.3 Å². The Morgan fingerprint density at radius 3 is 2.75 bits per heavy atom. The molecule has 1 heterocycles. The molecule has 0 aliphatic carbocycles. The molecular weight excluding hydrogens is 224 g/mol. The Labute approximate surface area is 101 Å². The third-order valence-corrected chi connectivity index (χ3v) is 3.40. The summed E-state index contributed by atoms with van der Waals surface area (Å²) in [5.74, 6) is 2.20. The Morgan fingerprint density at radius 2 is 2.19 bits per heavy atom. The summed E-state index contributed by atoms with van der Waals surface area (Å²) in [7, 11) is 3.25. The predicted octanol–water partition coefficient (Wildman–Crippen LogP) is 1.68. The van der Waals surface area contributed by atoms with Crippen molar-refractivity contribution < 1.29 is 9.47 Å². The number of nitrogens with zero attached hydrogens (tertiary/aromatic N) is 1. The predicted molar refractivity (Wildman–Crippen MR) is 67.2 cm³/mol. The van der Waals surface area contributed by atoms with Gasteiger partial charge in [0.15, 0.2) is 11.5 Å². The zero-order valence-corrected chi connectivity index (χ0v) is 10.7. The van der Waals surface area contributed by atoms with E-state index in [9.17, 15) is 0 Å². The van der Waals surface area contributed by atoms with Crippen LogP contribution in [0.1, 0.15) is 12.6 Å². The highest BCUT2D eigenvalue weighted by Crippen LogP contribution is 2.31. The van der Waals surface area contributed by atoms with Crippen LogP contribution in [-0.2, 0) is 5.75 Å². The van der Waals surface area contributed by atoms with E-state index >= 15 is 0 Å². The Hall–Kier alpha value is -0.940. The fourth-order valence-corrected chi connectivity index (χ4v) is 2.03. The van der Waals surface area contributed by atoms with E-state index in [2.05, 4.69) is 11.9 Å². The van der Waals surface area contributed by atoms with Crippen LogP contribution < -0.4 is 15.2 Å². The third kappa shape index (κ3) is 3.28. The fourth-order valence-electron chi connectivity index (χ4n) is 1.24. The summed E-state index contributed by atoms with van der Waals surface area (Å²) >= 11 is 1.76. The molecule has 0 aliphatic heterocycles. The summed E-state index contributed by atoms with van der Waals surface area (Å²) in [4.78, 5) is 4.30. The molecule has 4 nitrogen and oxygen atoms in total. The van der Waals surface area contributed by atoms with Crippen molar-refractivity contribution >= 4 is 11.8 Å². The monoisotopic (exact) mass is 242 g/mol. The van der Waals surface area contributed by atoms with Crippen LogP contribution in [0.5, 0.6) is 11.5 Å². The molecule has 5 heteroatoms. The Kier molecular flexibility index (Phi) is 5.42. The SMILES string of the molecule is COc1ccnc(CSC(C)CN)c1OC. The number of aromatic nitrogens is 1. The number of hydrogen-bond acceptors (Lipinski definition) is 5. The molecule has 1 atom stereocenters. The third-order valence-electron chi connectivity index (χ3n) is 2.20. The number of methoxy groups -OCH3 is 2. The summed E-state index contributed by atoms with van der Waals surface area (Å²) in [6.07, 6.45) is 1.73. The van der Waals surface area contributed by atoms with Gasteiger partial charge >= 0.3 is 0 Å². The molecule has 0 bridgehead atoms. The number of pyridine rings is 1. The molecule has 0 spiro atoms. The minimum Gasteiger partial charge on any atom is -0.493 e. The largest absolute Gasteiger partial charge is 0.493 e. The summed E-state index contributed by atoms with van der Waals surface area (Å²) in [6.45, 7) is 2.76. The quantitative estimate of drug-likeness (QED) is 0.822. The zero-order valence-electron chi connectivity index (χ0n) is 9.90. The van der Waals surface area contributed by atoms with Gasteiger partial charge in [-0.3, -0.25) is 4.98 Å². The van der Waals surface area contributed by atoms with Crippen molar-refractivity contribution in [3.8, 4) is 11.5 Å². The van der Waals surface area contributed by atoms with Crippen molar-refractivity contribution in [1.29, 1.82) is 0 Å². The van der Waals surface area contributed by atoms with Gasteiger partial charge in [0.25, 0.3) is 0 Å². The first kappa shape index (κ1) is 13.1. The Bertz CT molecular complexity index is 334. The van der Waals surface area contributed by atoms with Crippen LogP contribution in [0.3, 0.4) is 0 Å². The van der Waals surface area contributed by atoms with E-state index in [1.807, 2.05) is 0 Å². The maximum Gasteiger partial charge on any atom is 0.183 e. The lowest BCUT2D eigenvalue weighted by atomic mass is 10.3. The van der Waals surface area contributed by atoms with Crippen LogP contribution in [0.4, 0.5) is 0 Å². The molecule has 90 valence electrons. The van der Waals surface area contributed by atoms with Crippen molar-refractivity contribution in [2.75, 3.05) is 20.8 Å². The molecule has 0 fully saturated rings. The van der Waals surface area contributed by atoms with Crippen LogP contribution in [0, 0.1) is 0 Å². The molecule has 0 saturated heterocycles. The molecule has 0 saturated carbocycles. The second kappa shape index (κ2) is 6.60. The van der Waals surface area contributed by atoms with Crippen molar-refractivity contribution in [2.45, 2.75) is 17.9 Å². The summed E-state index contributed by atoms with van der Waals surface area (Å²) < 4.78 is 10.5. The van der Waals surface area contributed by atoms with Crippen molar-refractivity contribution in [1.82, 2.24) is 4.98 Å². The lowest BCUT2D eigenvalue weighted by molar-refractivity contribution is 0.350. The van der Waals surface area contributed by atoms with Gasteiger partial charge in [-0.1, -0.05) is 6.92 Å². The minimum absolute atomic E-state index is 0.415. The van der Waals surface area contributed by atoms with Gasteiger partial charge in [0.05, 0.1) is 19.9 Å². The molecule has 1 rings (SSSR count). The van der Waals surface area contributed by atoms with E-state index in [1.54, 1.807) is 38.2 Å². The number of ether oxygens (including phenoxy) is 2. The van der Waals surface area contributed by atoms with Crippen LogP contribution in [0.25, 0.3) is 0 Å². The molecule has 16 heavy (non-hydrogen) atoms. The molecule has 0 aromatic carbocycles. The Morgan fingerprint density at radius 1 is 1.44 bits per heavy atom.